The van der Waals surface area contributed by atoms with Crippen molar-refractivity contribution in [2.24, 2.45) is 4.99 Å². The summed E-state index contributed by atoms with van der Waals surface area (Å²) in [4.78, 5) is 3.63. The third-order valence-corrected chi connectivity index (χ3v) is 0.888. The molecule has 1 unspecified atom stereocenters. The maximum Gasteiger partial charge on any atom is 0.199 e. The van der Waals surface area contributed by atoms with E-state index in [1.807, 2.05) is 0 Å². The first-order valence-electron chi connectivity index (χ1n) is 2.41. The first-order valence-corrected chi connectivity index (χ1v) is 3.60. The first-order chi connectivity index (χ1) is 4.52. The molecule has 0 fully saturated rings. The second-order valence-corrected chi connectivity index (χ2v) is 2.80. The van der Waals surface area contributed by atoms with Crippen LogP contribution < -0.4 is 5.32 Å². The van der Waals surface area contributed by atoms with E-state index in [2.05, 4.69) is 10.3 Å². The lowest BCUT2D eigenvalue weighted by Crippen LogP contribution is -2.22. The predicted molar refractivity (Wildman–Crippen MR) is 45.3 cm³/mol. The Labute approximate surface area is 73.9 Å². The zero-order chi connectivity index (χ0) is 8.15. The van der Waals surface area contributed by atoms with E-state index in [4.69, 9.17) is 40.2 Å². The van der Waals surface area contributed by atoms with Gasteiger partial charge in [0.2, 0.25) is 0 Å². The fourth-order valence-corrected chi connectivity index (χ4v) is 0.805. The van der Waals surface area contributed by atoms with Crippen molar-refractivity contribution < 1.29 is 0 Å². The minimum Gasteiger partial charge on any atom is -0.306 e. The van der Waals surface area contributed by atoms with Crippen molar-refractivity contribution in [3.63, 3.8) is 0 Å². The van der Waals surface area contributed by atoms with Gasteiger partial charge in [-0.2, -0.15) is 0 Å². The van der Waals surface area contributed by atoms with Gasteiger partial charge in [0.05, 0.1) is 0 Å². The Bertz CT molecular complexity index is 154. The second-order valence-electron chi connectivity index (χ2n) is 1.43. The Morgan fingerprint density at radius 3 is 2.40 bits per heavy atom. The number of halogens is 3. The van der Waals surface area contributed by atoms with Gasteiger partial charge in [-0.3, -0.25) is 5.41 Å². The molecule has 0 aromatic carbocycles. The van der Waals surface area contributed by atoms with Crippen LogP contribution in [-0.4, -0.2) is 16.1 Å². The van der Waals surface area contributed by atoms with Gasteiger partial charge in [0.1, 0.15) is 5.50 Å². The summed E-state index contributed by atoms with van der Waals surface area (Å²) in [5.41, 5.74) is -0.420. The van der Waals surface area contributed by atoms with E-state index >= 15 is 0 Å². The number of aliphatic imine (C=N–C) groups is 1. The minimum atomic E-state index is -0.420. The van der Waals surface area contributed by atoms with E-state index in [0.29, 0.717) is 0 Å². The maximum absolute atomic E-state index is 6.71. The molecule has 0 radical (unpaired) electrons. The van der Waals surface area contributed by atoms with Gasteiger partial charge in [0, 0.05) is 0 Å². The van der Waals surface area contributed by atoms with E-state index in [9.17, 15) is 0 Å². The van der Waals surface area contributed by atoms with Crippen molar-refractivity contribution in [3.05, 3.63) is 0 Å². The molecule has 0 saturated heterocycles. The first kappa shape index (κ1) is 10.0. The summed E-state index contributed by atoms with van der Waals surface area (Å²) >= 11 is 16.0. The van der Waals surface area contributed by atoms with E-state index < -0.39 is 5.50 Å². The largest absolute Gasteiger partial charge is 0.306 e. The molecule has 1 atom stereocenters. The Kier molecular flexibility index (Phi) is 4.77. The standard InChI is InChI=1S/C4H6Cl3N3/c1-2(5)9-4(7)10-3(6)8/h2H,1H3,(H2,8,9,10). The molecule has 0 aliphatic heterocycles. The van der Waals surface area contributed by atoms with Gasteiger partial charge in [0.15, 0.2) is 10.6 Å². The second kappa shape index (κ2) is 4.77. The molecule has 58 valence electrons. The van der Waals surface area contributed by atoms with Crippen molar-refractivity contribution in [1.82, 2.24) is 5.32 Å². The number of alkyl halides is 1. The summed E-state index contributed by atoms with van der Waals surface area (Å²) < 4.78 is 0. The summed E-state index contributed by atoms with van der Waals surface area (Å²) in [5.74, 6) is 0. The summed E-state index contributed by atoms with van der Waals surface area (Å²) in [5, 5.41) is 8.70. The van der Waals surface area contributed by atoms with Crippen LogP contribution in [0.1, 0.15) is 6.92 Å². The lowest BCUT2D eigenvalue weighted by molar-refractivity contribution is 1.02. The molecule has 0 saturated carbocycles. The highest BCUT2D eigenvalue weighted by molar-refractivity contribution is 6.72. The molecule has 0 bridgehead atoms. The average Bonchev–Trinajstić information content (AvgIpc) is 1.58. The maximum atomic E-state index is 6.71. The molecule has 0 rings (SSSR count). The molecular formula is C4H6Cl3N3. The van der Waals surface area contributed by atoms with Crippen molar-refractivity contribution >= 4 is 45.4 Å². The van der Waals surface area contributed by atoms with Crippen LogP contribution in [0.3, 0.4) is 0 Å². The normalized spacial score (nSPS) is 14.6. The molecule has 0 aromatic heterocycles. The zero-order valence-electron chi connectivity index (χ0n) is 5.16. The van der Waals surface area contributed by atoms with Crippen LogP contribution in [-0.2, 0) is 0 Å². The minimum absolute atomic E-state index is 0.0162. The van der Waals surface area contributed by atoms with Gasteiger partial charge in [-0.1, -0.05) is 11.6 Å². The average molecular weight is 202 g/mol. The molecule has 0 aliphatic carbocycles. The molecule has 0 spiro atoms. The van der Waals surface area contributed by atoms with Crippen molar-refractivity contribution in [1.29, 1.82) is 5.41 Å². The van der Waals surface area contributed by atoms with Gasteiger partial charge in [-0.05, 0) is 30.1 Å². The van der Waals surface area contributed by atoms with E-state index in [1.165, 1.54) is 0 Å². The molecule has 0 heterocycles. The summed E-state index contributed by atoms with van der Waals surface area (Å²) in [7, 11) is 0. The van der Waals surface area contributed by atoms with E-state index in [1.54, 1.807) is 6.92 Å². The van der Waals surface area contributed by atoms with Crippen LogP contribution in [0.2, 0.25) is 0 Å². The Hall–Kier alpha value is 0.01000. The van der Waals surface area contributed by atoms with E-state index in [-0.39, 0.29) is 10.6 Å². The third kappa shape index (κ3) is 6.13. The number of hydrogen-bond acceptors (Lipinski definition) is 2. The Balaban J connectivity index is 3.82. The number of hydrogen-bond donors (Lipinski definition) is 2. The van der Waals surface area contributed by atoms with Gasteiger partial charge >= 0.3 is 0 Å². The summed E-state index contributed by atoms with van der Waals surface area (Å²) in [6.45, 7) is 1.64. The van der Waals surface area contributed by atoms with Gasteiger partial charge in [-0.25, -0.2) is 4.99 Å². The predicted octanol–water partition coefficient (Wildman–Crippen LogP) is 1.93. The number of rotatable bonds is 1. The summed E-state index contributed by atoms with van der Waals surface area (Å²) in [6, 6.07) is 0. The van der Waals surface area contributed by atoms with Gasteiger partial charge < -0.3 is 5.32 Å². The lowest BCUT2D eigenvalue weighted by Gasteiger charge is -1.98. The molecule has 10 heavy (non-hydrogen) atoms. The van der Waals surface area contributed by atoms with E-state index in [0.717, 1.165) is 0 Å². The van der Waals surface area contributed by atoms with Crippen LogP contribution in [0, 0.1) is 5.41 Å². The highest BCUT2D eigenvalue weighted by Gasteiger charge is 1.96. The van der Waals surface area contributed by atoms with Gasteiger partial charge in [-0.15, -0.1) is 0 Å². The molecule has 3 nitrogen and oxygen atoms in total. The smallest absolute Gasteiger partial charge is 0.199 e. The number of amidine groups is 2. The third-order valence-electron chi connectivity index (χ3n) is 0.504. The van der Waals surface area contributed by atoms with Crippen LogP contribution in [0.25, 0.3) is 0 Å². The topological polar surface area (TPSA) is 48.2 Å². The van der Waals surface area contributed by atoms with Crippen molar-refractivity contribution in [3.8, 4) is 0 Å². The molecule has 2 N–H and O–H groups in total. The Morgan fingerprint density at radius 2 is 2.10 bits per heavy atom. The van der Waals surface area contributed by atoms with Crippen molar-refractivity contribution in [2.45, 2.75) is 12.4 Å². The molecular weight excluding hydrogens is 196 g/mol. The van der Waals surface area contributed by atoms with Crippen molar-refractivity contribution in [2.75, 3.05) is 0 Å². The number of nitrogens with zero attached hydrogens (tertiary/aromatic N) is 1. The van der Waals surface area contributed by atoms with Crippen LogP contribution in [0.15, 0.2) is 4.99 Å². The van der Waals surface area contributed by atoms with Crippen LogP contribution in [0.5, 0.6) is 0 Å². The highest BCUT2D eigenvalue weighted by Crippen LogP contribution is 1.96. The zero-order valence-corrected chi connectivity index (χ0v) is 7.43. The van der Waals surface area contributed by atoms with Crippen LogP contribution >= 0.6 is 34.8 Å². The molecule has 0 amide bonds. The summed E-state index contributed by atoms with van der Waals surface area (Å²) in [6.07, 6.45) is 0. The fraction of sp³-hybridized carbons (Fsp3) is 0.500. The molecule has 6 heteroatoms. The highest BCUT2D eigenvalue weighted by atomic mass is 35.5. The fourth-order valence-electron chi connectivity index (χ4n) is 0.279. The lowest BCUT2D eigenvalue weighted by atomic mass is 10.8. The SMILES string of the molecule is CC(Cl)N=C(Cl)NC(=N)Cl. The monoisotopic (exact) mass is 201 g/mol. The Morgan fingerprint density at radius 1 is 1.60 bits per heavy atom. The van der Waals surface area contributed by atoms with Gasteiger partial charge in [0.25, 0.3) is 0 Å². The quantitative estimate of drug-likeness (QED) is 0.290. The molecule has 0 aliphatic rings. The molecule has 0 aromatic rings. The van der Waals surface area contributed by atoms with Crippen LogP contribution in [0.4, 0.5) is 0 Å². The number of nitrogens with one attached hydrogen (secondary N) is 2.